The molecule has 0 spiro atoms. The lowest BCUT2D eigenvalue weighted by Crippen LogP contribution is -2.46. The van der Waals surface area contributed by atoms with Gasteiger partial charge in [-0.3, -0.25) is 9.59 Å². The second-order valence-corrected chi connectivity index (χ2v) is 3.76. The van der Waals surface area contributed by atoms with Crippen LogP contribution in [-0.4, -0.2) is 39.1 Å². The first-order valence-corrected chi connectivity index (χ1v) is 4.95. The quantitative estimate of drug-likeness (QED) is 0.762. The van der Waals surface area contributed by atoms with Crippen LogP contribution in [0.1, 0.15) is 30.0 Å². The van der Waals surface area contributed by atoms with Gasteiger partial charge in [0, 0.05) is 18.7 Å². The van der Waals surface area contributed by atoms with Crippen LogP contribution in [0.15, 0.2) is 6.33 Å². The highest BCUT2D eigenvalue weighted by atomic mass is 16.2. The summed E-state index contributed by atoms with van der Waals surface area (Å²) < 4.78 is 0. The van der Waals surface area contributed by atoms with Gasteiger partial charge in [-0.25, -0.2) is 4.98 Å². The van der Waals surface area contributed by atoms with Gasteiger partial charge < -0.3 is 9.88 Å². The van der Waals surface area contributed by atoms with E-state index in [1.807, 2.05) is 0 Å². The predicted octanol–water partition coefficient (Wildman–Crippen LogP) is 0.386. The van der Waals surface area contributed by atoms with Gasteiger partial charge in [0.25, 0.3) is 5.91 Å². The maximum absolute atomic E-state index is 11.9. The second-order valence-electron chi connectivity index (χ2n) is 3.76. The van der Waals surface area contributed by atoms with Gasteiger partial charge in [-0.1, -0.05) is 0 Å². The number of carbonyl (C=O) groups excluding carboxylic acids is 2. The molecule has 0 saturated carbocycles. The van der Waals surface area contributed by atoms with Gasteiger partial charge in [-0.15, -0.1) is 0 Å². The van der Waals surface area contributed by atoms with E-state index in [9.17, 15) is 9.59 Å². The van der Waals surface area contributed by atoms with Crippen molar-refractivity contribution in [2.45, 2.75) is 26.3 Å². The molecule has 1 aromatic rings. The second kappa shape index (κ2) is 3.49. The molecule has 0 fully saturated rings. The monoisotopic (exact) mass is 207 g/mol. The Kier molecular flexibility index (Phi) is 2.30. The molecule has 1 amide bonds. The molecular weight excluding hydrogens is 194 g/mol. The van der Waals surface area contributed by atoms with E-state index in [1.165, 1.54) is 13.3 Å². The summed E-state index contributed by atoms with van der Waals surface area (Å²) in [5.74, 6) is -0.150. The Hall–Kier alpha value is -1.65. The topological polar surface area (TPSA) is 66.1 Å². The van der Waals surface area contributed by atoms with Crippen LogP contribution < -0.4 is 0 Å². The molecule has 5 heteroatoms. The molecule has 15 heavy (non-hydrogen) atoms. The highest BCUT2D eigenvalue weighted by Crippen LogP contribution is 2.17. The summed E-state index contributed by atoms with van der Waals surface area (Å²) in [5.41, 5.74) is 1.32. The van der Waals surface area contributed by atoms with E-state index in [1.54, 1.807) is 11.8 Å². The fourth-order valence-electron chi connectivity index (χ4n) is 1.75. The van der Waals surface area contributed by atoms with E-state index in [-0.39, 0.29) is 17.7 Å². The van der Waals surface area contributed by atoms with Crippen molar-refractivity contribution >= 4 is 11.7 Å². The number of amides is 1. The van der Waals surface area contributed by atoms with Crippen molar-refractivity contribution in [3.8, 4) is 0 Å². The number of carbonyl (C=O) groups is 2. The number of hydrogen-bond donors (Lipinski definition) is 1. The first-order chi connectivity index (χ1) is 7.11. The van der Waals surface area contributed by atoms with E-state index >= 15 is 0 Å². The van der Waals surface area contributed by atoms with Gasteiger partial charge >= 0.3 is 0 Å². The van der Waals surface area contributed by atoms with Crippen molar-refractivity contribution in [1.29, 1.82) is 0 Å². The fourth-order valence-corrected chi connectivity index (χ4v) is 1.75. The van der Waals surface area contributed by atoms with Gasteiger partial charge in [0.05, 0.1) is 12.4 Å². The molecule has 2 heterocycles. The minimum absolute atomic E-state index is 0.00216. The number of nitrogens with one attached hydrogen (secondary N) is 1. The Bertz CT molecular complexity index is 411. The minimum atomic E-state index is -0.359. The summed E-state index contributed by atoms with van der Waals surface area (Å²) in [7, 11) is 0. The van der Waals surface area contributed by atoms with Crippen LogP contribution in [0.25, 0.3) is 0 Å². The number of nitrogens with zero attached hydrogens (tertiary/aromatic N) is 2. The van der Waals surface area contributed by atoms with Crippen molar-refractivity contribution < 1.29 is 9.59 Å². The SMILES string of the molecule is CC(=O)C(C)N1CCc2[nH]cnc2C1=O. The molecule has 1 aromatic heterocycles. The van der Waals surface area contributed by atoms with Crippen molar-refractivity contribution in [3.63, 3.8) is 0 Å². The van der Waals surface area contributed by atoms with Gasteiger partial charge in [-0.2, -0.15) is 0 Å². The van der Waals surface area contributed by atoms with Gasteiger partial charge in [0.15, 0.2) is 5.78 Å². The molecular formula is C10H13N3O2. The van der Waals surface area contributed by atoms with E-state index in [4.69, 9.17) is 0 Å². The molecule has 5 nitrogen and oxygen atoms in total. The molecule has 0 saturated heterocycles. The number of imidazole rings is 1. The Morgan fingerprint density at radius 1 is 1.67 bits per heavy atom. The normalized spacial score (nSPS) is 17.5. The van der Waals surface area contributed by atoms with Crippen molar-refractivity contribution in [2.75, 3.05) is 6.54 Å². The van der Waals surface area contributed by atoms with Gasteiger partial charge in [0.1, 0.15) is 5.69 Å². The van der Waals surface area contributed by atoms with E-state index in [2.05, 4.69) is 9.97 Å². The molecule has 0 radical (unpaired) electrons. The maximum Gasteiger partial charge on any atom is 0.274 e. The van der Waals surface area contributed by atoms with Crippen LogP contribution in [0.3, 0.4) is 0 Å². The number of aromatic amines is 1. The zero-order chi connectivity index (χ0) is 11.0. The lowest BCUT2D eigenvalue weighted by atomic mass is 10.1. The number of ketones is 1. The third-order valence-corrected chi connectivity index (χ3v) is 2.84. The van der Waals surface area contributed by atoms with Crippen molar-refractivity contribution in [2.24, 2.45) is 0 Å². The van der Waals surface area contributed by atoms with Crippen LogP contribution >= 0.6 is 0 Å². The minimum Gasteiger partial charge on any atom is -0.348 e. The largest absolute Gasteiger partial charge is 0.348 e. The summed E-state index contributed by atoms with van der Waals surface area (Å²) in [4.78, 5) is 31.6. The Morgan fingerprint density at radius 3 is 3.07 bits per heavy atom. The van der Waals surface area contributed by atoms with Gasteiger partial charge in [-0.05, 0) is 13.8 Å². The van der Waals surface area contributed by atoms with Crippen molar-refractivity contribution in [1.82, 2.24) is 14.9 Å². The van der Waals surface area contributed by atoms with Crippen LogP contribution in [-0.2, 0) is 11.2 Å². The molecule has 1 unspecified atom stereocenters. The maximum atomic E-state index is 11.9. The number of aromatic nitrogens is 2. The third-order valence-electron chi connectivity index (χ3n) is 2.84. The van der Waals surface area contributed by atoms with E-state index in [0.717, 1.165) is 12.1 Å². The first-order valence-electron chi connectivity index (χ1n) is 4.95. The average molecular weight is 207 g/mol. The summed E-state index contributed by atoms with van der Waals surface area (Å²) in [6.45, 7) is 3.82. The van der Waals surface area contributed by atoms with Crippen LogP contribution in [0.2, 0.25) is 0 Å². The lowest BCUT2D eigenvalue weighted by molar-refractivity contribution is -0.120. The standard InChI is InChI=1S/C10H13N3O2/c1-6(7(2)14)13-4-3-8-9(10(13)15)12-5-11-8/h5-6H,3-4H2,1-2H3,(H,11,12). The average Bonchev–Trinajstić information content (AvgIpc) is 2.66. The van der Waals surface area contributed by atoms with E-state index < -0.39 is 0 Å². The fraction of sp³-hybridized carbons (Fsp3) is 0.500. The third kappa shape index (κ3) is 1.54. The van der Waals surface area contributed by atoms with E-state index in [0.29, 0.717) is 12.2 Å². The molecule has 0 aromatic carbocycles. The number of hydrogen-bond acceptors (Lipinski definition) is 3. The smallest absolute Gasteiger partial charge is 0.274 e. The predicted molar refractivity (Wildman–Crippen MR) is 53.5 cm³/mol. The molecule has 0 aliphatic carbocycles. The highest BCUT2D eigenvalue weighted by molar-refractivity contribution is 5.97. The lowest BCUT2D eigenvalue weighted by Gasteiger charge is -2.30. The molecule has 1 aliphatic rings. The first kappa shape index (κ1) is 9.89. The zero-order valence-corrected chi connectivity index (χ0v) is 8.78. The summed E-state index contributed by atoms with van der Waals surface area (Å²) >= 11 is 0. The summed E-state index contributed by atoms with van der Waals surface area (Å²) in [6, 6.07) is -0.359. The summed E-state index contributed by atoms with van der Waals surface area (Å²) in [5, 5.41) is 0. The number of fused-ring (bicyclic) bond motifs is 1. The molecule has 0 bridgehead atoms. The molecule has 1 atom stereocenters. The molecule has 2 rings (SSSR count). The zero-order valence-electron chi connectivity index (χ0n) is 8.78. The molecule has 80 valence electrons. The Balaban J connectivity index is 2.27. The van der Waals surface area contributed by atoms with Crippen LogP contribution in [0, 0.1) is 0 Å². The number of H-pyrrole nitrogens is 1. The number of rotatable bonds is 2. The number of Topliss-reactive ketones (excluding diaryl/α,β-unsaturated/α-hetero) is 1. The van der Waals surface area contributed by atoms with Gasteiger partial charge in [0.2, 0.25) is 0 Å². The van der Waals surface area contributed by atoms with Crippen molar-refractivity contribution in [3.05, 3.63) is 17.7 Å². The molecule has 1 aliphatic heterocycles. The van der Waals surface area contributed by atoms with Crippen LogP contribution in [0.5, 0.6) is 0 Å². The Labute approximate surface area is 87.5 Å². The van der Waals surface area contributed by atoms with Crippen LogP contribution in [0.4, 0.5) is 0 Å². The Morgan fingerprint density at radius 2 is 2.40 bits per heavy atom. The summed E-state index contributed by atoms with van der Waals surface area (Å²) in [6.07, 6.45) is 2.25. The highest BCUT2D eigenvalue weighted by Gasteiger charge is 2.31. The molecule has 1 N–H and O–H groups in total.